The zero-order valence-electron chi connectivity index (χ0n) is 15.8. The average Bonchev–Trinajstić information content (AvgIpc) is 2.74. The van der Waals surface area contributed by atoms with Crippen LogP contribution in [-0.4, -0.2) is 17.9 Å². The zero-order valence-corrected chi connectivity index (χ0v) is 16.5. The summed E-state index contributed by atoms with van der Waals surface area (Å²) in [7, 11) is 1.52. The summed E-state index contributed by atoms with van der Waals surface area (Å²) in [6, 6.07) is 19.0. The summed E-state index contributed by atoms with van der Waals surface area (Å²) in [6.07, 6.45) is 0.0921. The molecule has 2 N–H and O–H groups in total. The van der Waals surface area contributed by atoms with Crippen LogP contribution in [0.25, 0.3) is 0 Å². The zero-order chi connectivity index (χ0) is 20.4. The fourth-order valence-electron chi connectivity index (χ4n) is 3.56. The summed E-state index contributed by atoms with van der Waals surface area (Å²) in [5.41, 5.74) is 3.20. The first-order chi connectivity index (χ1) is 14.0. The highest BCUT2D eigenvalue weighted by Gasteiger charge is 2.28. The lowest BCUT2D eigenvalue weighted by Gasteiger charge is -2.31. The Morgan fingerprint density at radius 3 is 2.59 bits per heavy atom. The van der Waals surface area contributed by atoms with E-state index in [4.69, 9.17) is 21.3 Å². The smallest absolute Gasteiger partial charge is 0.162 e. The van der Waals surface area contributed by atoms with Gasteiger partial charge in [0.1, 0.15) is 12.0 Å². The number of methoxy groups -OCH3 is 1. The topological polar surface area (TPSA) is 53.8 Å². The number of aromatic hydroxyl groups is 1. The number of aliphatic imine (C=N–C) groups is 1. The predicted molar refractivity (Wildman–Crippen MR) is 112 cm³/mol. The van der Waals surface area contributed by atoms with Gasteiger partial charge in [0.15, 0.2) is 11.5 Å². The predicted octanol–water partition coefficient (Wildman–Crippen LogP) is 5.42. The molecule has 1 aliphatic heterocycles. The van der Waals surface area contributed by atoms with E-state index in [0.717, 1.165) is 11.3 Å². The van der Waals surface area contributed by atoms with E-state index in [0.29, 0.717) is 28.3 Å². The molecule has 0 saturated heterocycles. The monoisotopic (exact) mass is 410 g/mol. The summed E-state index contributed by atoms with van der Waals surface area (Å²) in [5, 5.41) is 14.7. The van der Waals surface area contributed by atoms with E-state index in [2.05, 4.69) is 5.32 Å². The number of phenols is 1. The SMILES string of the molecule is COc1cccc([C@H]2CC(c3ccc(Cl)cc3)=N[C@@H](c3cccc(F)c3)N2)c1O. The normalized spacial score (nSPS) is 18.9. The quantitative estimate of drug-likeness (QED) is 0.604. The molecule has 148 valence electrons. The second kappa shape index (κ2) is 8.23. The Morgan fingerprint density at radius 1 is 1.10 bits per heavy atom. The van der Waals surface area contributed by atoms with Crippen molar-refractivity contribution in [1.29, 1.82) is 0 Å². The molecule has 1 aliphatic rings. The number of rotatable bonds is 4. The molecular formula is C23H20ClFN2O2. The second-order valence-electron chi connectivity index (χ2n) is 6.86. The Balaban J connectivity index is 1.77. The lowest BCUT2D eigenvalue weighted by atomic mass is 9.93. The van der Waals surface area contributed by atoms with E-state index in [1.54, 1.807) is 12.1 Å². The van der Waals surface area contributed by atoms with Crippen LogP contribution in [-0.2, 0) is 0 Å². The number of para-hydroxylation sites is 1. The number of phenolic OH excluding ortho intramolecular Hbond substituents is 1. The minimum Gasteiger partial charge on any atom is -0.504 e. The number of hydrogen-bond acceptors (Lipinski definition) is 4. The maximum Gasteiger partial charge on any atom is 0.162 e. The third kappa shape index (κ3) is 4.11. The van der Waals surface area contributed by atoms with Crippen molar-refractivity contribution in [3.63, 3.8) is 0 Å². The first kappa shape index (κ1) is 19.4. The molecule has 3 aromatic carbocycles. The highest BCUT2D eigenvalue weighted by Crippen LogP contribution is 2.38. The Bertz CT molecular complexity index is 1050. The Hall–Kier alpha value is -2.89. The summed E-state index contributed by atoms with van der Waals surface area (Å²) in [4.78, 5) is 4.82. The molecule has 0 amide bonds. The molecule has 6 heteroatoms. The van der Waals surface area contributed by atoms with E-state index in [1.165, 1.54) is 19.2 Å². The maximum absolute atomic E-state index is 13.8. The molecule has 29 heavy (non-hydrogen) atoms. The molecule has 1 heterocycles. The van der Waals surface area contributed by atoms with Crippen molar-refractivity contribution >= 4 is 17.3 Å². The fraction of sp³-hybridized carbons (Fsp3) is 0.174. The third-order valence-electron chi connectivity index (χ3n) is 5.01. The second-order valence-corrected chi connectivity index (χ2v) is 7.30. The highest BCUT2D eigenvalue weighted by atomic mass is 35.5. The summed E-state index contributed by atoms with van der Waals surface area (Å²) < 4.78 is 19.1. The van der Waals surface area contributed by atoms with Crippen LogP contribution in [0.15, 0.2) is 71.7 Å². The van der Waals surface area contributed by atoms with E-state index in [9.17, 15) is 9.50 Å². The van der Waals surface area contributed by atoms with Crippen LogP contribution in [0.5, 0.6) is 11.5 Å². The average molecular weight is 411 g/mol. The van der Waals surface area contributed by atoms with Crippen molar-refractivity contribution in [2.75, 3.05) is 7.11 Å². The molecule has 0 aromatic heterocycles. The van der Waals surface area contributed by atoms with Crippen molar-refractivity contribution in [3.05, 3.63) is 94.3 Å². The summed E-state index contributed by atoms with van der Waals surface area (Å²) in [5.74, 6) is 0.170. The Labute approximate surface area is 173 Å². The number of halogens is 2. The molecule has 3 aromatic rings. The van der Waals surface area contributed by atoms with Gasteiger partial charge < -0.3 is 9.84 Å². The van der Waals surface area contributed by atoms with Crippen molar-refractivity contribution in [2.45, 2.75) is 18.6 Å². The number of nitrogens with one attached hydrogen (secondary N) is 1. The first-order valence-corrected chi connectivity index (χ1v) is 9.63. The van der Waals surface area contributed by atoms with Gasteiger partial charge in [-0.2, -0.15) is 0 Å². The van der Waals surface area contributed by atoms with Gasteiger partial charge >= 0.3 is 0 Å². The number of nitrogens with zero attached hydrogens (tertiary/aromatic N) is 1. The number of ether oxygens (including phenoxy) is 1. The number of benzene rings is 3. The van der Waals surface area contributed by atoms with Gasteiger partial charge in [0.2, 0.25) is 0 Å². The molecule has 0 fully saturated rings. The van der Waals surface area contributed by atoms with Gasteiger partial charge in [0.25, 0.3) is 0 Å². The molecule has 4 rings (SSSR count). The highest BCUT2D eigenvalue weighted by molar-refractivity contribution is 6.30. The van der Waals surface area contributed by atoms with Crippen LogP contribution in [0.1, 0.15) is 35.3 Å². The maximum atomic E-state index is 13.8. The van der Waals surface area contributed by atoms with Crippen molar-refractivity contribution in [1.82, 2.24) is 5.32 Å². The molecule has 0 unspecified atom stereocenters. The van der Waals surface area contributed by atoms with Crippen LogP contribution in [0.3, 0.4) is 0 Å². The van der Waals surface area contributed by atoms with Gasteiger partial charge in [-0.25, -0.2) is 4.39 Å². The summed E-state index contributed by atoms with van der Waals surface area (Å²) in [6.45, 7) is 0. The van der Waals surface area contributed by atoms with Crippen molar-refractivity contribution in [2.24, 2.45) is 4.99 Å². The number of hydrogen-bond donors (Lipinski definition) is 2. The van der Waals surface area contributed by atoms with Gasteiger partial charge in [-0.05, 0) is 41.5 Å². The standard InChI is InChI=1S/C23H20ClFN2O2/c1-29-21-7-3-6-18(22(21)28)20-13-19(14-8-10-16(24)11-9-14)26-23(27-20)15-4-2-5-17(25)12-15/h2-12,20,23,27-28H,13H2,1H3/t20-,23-/m1/s1. The van der Waals surface area contributed by atoms with E-state index < -0.39 is 6.17 Å². The van der Waals surface area contributed by atoms with Gasteiger partial charge in [-0.15, -0.1) is 0 Å². The molecule has 0 aliphatic carbocycles. The fourth-order valence-corrected chi connectivity index (χ4v) is 3.68. The van der Waals surface area contributed by atoms with Crippen LogP contribution >= 0.6 is 11.6 Å². The molecule has 2 atom stereocenters. The molecule has 4 nitrogen and oxygen atoms in total. The minimum atomic E-state index is -0.458. The molecule has 0 spiro atoms. The van der Waals surface area contributed by atoms with Gasteiger partial charge in [-0.1, -0.05) is 48.0 Å². The largest absolute Gasteiger partial charge is 0.504 e. The minimum absolute atomic E-state index is 0.0860. The molecule has 0 radical (unpaired) electrons. The van der Waals surface area contributed by atoms with Crippen LogP contribution in [0, 0.1) is 5.82 Å². The first-order valence-electron chi connectivity index (χ1n) is 9.25. The molecule has 0 bridgehead atoms. The molecular weight excluding hydrogens is 391 g/mol. The van der Waals surface area contributed by atoms with E-state index >= 15 is 0 Å². The third-order valence-corrected chi connectivity index (χ3v) is 5.26. The van der Waals surface area contributed by atoms with Crippen molar-refractivity contribution < 1.29 is 14.2 Å². The van der Waals surface area contributed by atoms with E-state index in [-0.39, 0.29) is 17.6 Å². The van der Waals surface area contributed by atoms with Gasteiger partial charge in [-0.3, -0.25) is 10.3 Å². The Kier molecular flexibility index (Phi) is 5.51. The van der Waals surface area contributed by atoms with Crippen LogP contribution in [0.4, 0.5) is 4.39 Å². The van der Waals surface area contributed by atoms with Crippen LogP contribution in [0.2, 0.25) is 5.02 Å². The van der Waals surface area contributed by atoms with Gasteiger partial charge in [0.05, 0.1) is 7.11 Å². The van der Waals surface area contributed by atoms with E-state index in [1.807, 2.05) is 42.5 Å². The van der Waals surface area contributed by atoms with Gasteiger partial charge in [0, 0.05) is 28.8 Å². The Morgan fingerprint density at radius 2 is 1.86 bits per heavy atom. The lowest BCUT2D eigenvalue weighted by molar-refractivity contribution is 0.360. The molecule has 0 saturated carbocycles. The van der Waals surface area contributed by atoms with Crippen LogP contribution < -0.4 is 10.1 Å². The summed E-state index contributed by atoms with van der Waals surface area (Å²) >= 11 is 6.03. The lowest BCUT2D eigenvalue weighted by Crippen LogP contribution is -2.33. The van der Waals surface area contributed by atoms with Crippen molar-refractivity contribution in [3.8, 4) is 11.5 Å².